The lowest BCUT2D eigenvalue weighted by Crippen LogP contribution is -2.18. The molecule has 1 rings (SSSR count). The van der Waals surface area contributed by atoms with Gasteiger partial charge in [0.2, 0.25) is 5.69 Å². The molecule has 0 bridgehead atoms. The van der Waals surface area contributed by atoms with E-state index in [2.05, 4.69) is 0 Å². The first-order valence-electron chi connectivity index (χ1n) is 4.62. The van der Waals surface area contributed by atoms with Crippen LogP contribution in [0.2, 0.25) is 0 Å². The molecule has 3 heteroatoms. The second-order valence-electron chi connectivity index (χ2n) is 2.80. The van der Waals surface area contributed by atoms with E-state index in [9.17, 15) is 0 Å². The quantitative estimate of drug-likeness (QED) is 0.408. The molecule has 0 radical (unpaired) electrons. The van der Waals surface area contributed by atoms with Gasteiger partial charge in [0.05, 0.1) is 13.7 Å². The molecule has 0 aliphatic carbocycles. The highest BCUT2D eigenvalue weighted by molar-refractivity contribution is 5.62. The summed E-state index contributed by atoms with van der Waals surface area (Å²) in [4.78, 5) is 0. The number of hydrogen-bond acceptors (Lipinski definition) is 2. The van der Waals surface area contributed by atoms with Crippen molar-refractivity contribution in [2.45, 2.75) is 6.92 Å². The molecule has 0 saturated heterocycles. The smallest absolute Gasteiger partial charge is 0.418 e. The molecule has 0 atom stereocenters. The van der Waals surface area contributed by atoms with Crippen LogP contribution >= 0.6 is 0 Å². The van der Waals surface area contributed by atoms with E-state index in [1.54, 1.807) is 7.11 Å². The summed E-state index contributed by atoms with van der Waals surface area (Å²) in [7, 11) is 3.51. The molecular formula is C11H16NO2+. The minimum atomic E-state index is 0.513. The largest absolute Gasteiger partial charge is 0.554 e. The van der Waals surface area contributed by atoms with Crippen LogP contribution in [0.3, 0.4) is 0 Å². The van der Waals surface area contributed by atoms with Crippen LogP contribution in [0.1, 0.15) is 6.92 Å². The Morgan fingerprint density at radius 1 is 1.29 bits per heavy atom. The Morgan fingerprint density at radius 2 is 1.93 bits per heavy atom. The van der Waals surface area contributed by atoms with Crippen LogP contribution in [0.5, 0.6) is 0 Å². The highest BCUT2D eigenvalue weighted by atomic mass is 16.7. The third-order valence-electron chi connectivity index (χ3n) is 1.86. The highest BCUT2D eigenvalue weighted by Gasteiger charge is 2.14. The molecular weight excluding hydrogens is 178 g/mol. The van der Waals surface area contributed by atoms with Crippen molar-refractivity contribution >= 4 is 11.8 Å². The molecule has 0 aliphatic heterocycles. The number of nitrogens with zero attached hydrogens (tertiary/aromatic N) is 1. The minimum absolute atomic E-state index is 0.513. The molecule has 0 fully saturated rings. The van der Waals surface area contributed by atoms with E-state index in [0.29, 0.717) is 12.7 Å². The summed E-state index contributed by atoms with van der Waals surface area (Å²) in [5.41, 5.74) is 1.04. The number of para-hydroxylation sites is 1. The van der Waals surface area contributed by atoms with E-state index in [-0.39, 0.29) is 0 Å². The maximum Gasteiger partial charge on any atom is 0.554 e. The van der Waals surface area contributed by atoms with Crippen molar-refractivity contribution < 1.29 is 14.0 Å². The van der Waals surface area contributed by atoms with Crippen molar-refractivity contribution in [3.63, 3.8) is 0 Å². The van der Waals surface area contributed by atoms with Crippen molar-refractivity contribution in [1.29, 1.82) is 0 Å². The average molecular weight is 194 g/mol. The Bertz CT molecular complexity index is 306. The van der Waals surface area contributed by atoms with Gasteiger partial charge in [0.15, 0.2) is 0 Å². The predicted octanol–water partition coefficient (Wildman–Crippen LogP) is 2.00. The Morgan fingerprint density at radius 3 is 2.43 bits per heavy atom. The van der Waals surface area contributed by atoms with Gasteiger partial charge in [-0.1, -0.05) is 18.2 Å². The summed E-state index contributed by atoms with van der Waals surface area (Å²) in [5.74, 6) is 0. The van der Waals surface area contributed by atoms with Crippen LogP contribution in [-0.4, -0.2) is 31.4 Å². The number of methoxy groups -OCH3 is 1. The van der Waals surface area contributed by atoms with Gasteiger partial charge < -0.3 is 9.47 Å². The fraction of sp³-hybridized carbons (Fsp3) is 0.364. The summed E-state index contributed by atoms with van der Waals surface area (Å²) < 4.78 is 12.3. The average Bonchev–Trinajstić information content (AvgIpc) is 2.26. The summed E-state index contributed by atoms with van der Waals surface area (Å²) in [6, 6.07) is 9.93. The molecule has 0 unspecified atom stereocenters. The Kier molecular flexibility index (Phi) is 3.98. The number of rotatable bonds is 2. The van der Waals surface area contributed by atoms with E-state index in [1.807, 2.05) is 48.9 Å². The molecule has 14 heavy (non-hydrogen) atoms. The maximum absolute atomic E-state index is 5.33. The lowest BCUT2D eigenvalue weighted by Gasteiger charge is -2.03. The first-order valence-corrected chi connectivity index (χ1v) is 4.62. The van der Waals surface area contributed by atoms with Gasteiger partial charge in [-0.05, 0) is 6.92 Å². The number of benzene rings is 1. The molecule has 0 heterocycles. The first kappa shape index (κ1) is 10.6. The molecule has 0 aliphatic rings. The molecule has 0 aromatic heterocycles. The zero-order chi connectivity index (χ0) is 10.4. The summed E-state index contributed by atoms with van der Waals surface area (Å²) in [6.45, 7) is 2.53. The molecule has 0 saturated carbocycles. The second-order valence-corrected chi connectivity index (χ2v) is 2.80. The van der Waals surface area contributed by atoms with E-state index in [1.165, 1.54) is 0 Å². The van der Waals surface area contributed by atoms with Gasteiger partial charge in [0, 0.05) is 12.1 Å². The molecule has 0 spiro atoms. The van der Waals surface area contributed by atoms with E-state index in [0.717, 1.165) is 5.69 Å². The van der Waals surface area contributed by atoms with Crippen molar-refractivity contribution in [1.82, 2.24) is 0 Å². The monoisotopic (exact) mass is 194 g/mol. The van der Waals surface area contributed by atoms with Crippen LogP contribution < -0.4 is 0 Å². The van der Waals surface area contributed by atoms with Crippen molar-refractivity contribution in [3.05, 3.63) is 30.3 Å². The first-order chi connectivity index (χ1) is 6.79. The standard InChI is InChI=1S/C11H16NO2/c1-4-14-11(13-3)12(2)10-8-6-5-7-9-10/h5-9H,4H2,1-3H3/q+1. The topological polar surface area (TPSA) is 21.5 Å². The van der Waals surface area contributed by atoms with E-state index < -0.39 is 0 Å². The van der Waals surface area contributed by atoms with Crippen molar-refractivity contribution in [2.75, 3.05) is 20.8 Å². The summed E-state index contributed by atoms with van der Waals surface area (Å²) in [6.07, 6.45) is 0.513. The summed E-state index contributed by atoms with van der Waals surface area (Å²) in [5, 5.41) is 0. The lowest BCUT2D eigenvalue weighted by molar-refractivity contribution is -0.429. The molecule has 0 N–H and O–H groups in total. The molecule has 76 valence electrons. The molecule has 1 aromatic rings. The molecule has 0 amide bonds. The number of ether oxygens (including phenoxy) is 2. The maximum atomic E-state index is 5.33. The van der Waals surface area contributed by atoms with Crippen LogP contribution in [0.4, 0.5) is 5.69 Å². The molecule has 3 nitrogen and oxygen atoms in total. The van der Waals surface area contributed by atoms with E-state index in [4.69, 9.17) is 9.47 Å². The summed E-state index contributed by atoms with van der Waals surface area (Å²) >= 11 is 0. The third kappa shape index (κ3) is 2.49. The fourth-order valence-electron chi connectivity index (χ4n) is 1.17. The van der Waals surface area contributed by atoms with Gasteiger partial charge in [-0.2, -0.15) is 0 Å². The van der Waals surface area contributed by atoms with Gasteiger partial charge in [0.1, 0.15) is 7.05 Å². The minimum Gasteiger partial charge on any atom is -0.418 e. The Hall–Kier alpha value is -1.51. The highest BCUT2D eigenvalue weighted by Crippen LogP contribution is 2.09. The van der Waals surface area contributed by atoms with E-state index >= 15 is 0 Å². The zero-order valence-electron chi connectivity index (χ0n) is 8.86. The van der Waals surface area contributed by atoms with Crippen LogP contribution in [-0.2, 0) is 9.47 Å². The van der Waals surface area contributed by atoms with Crippen LogP contribution in [0, 0.1) is 0 Å². The normalized spacial score (nSPS) is 11.9. The van der Waals surface area contributed by atoms with Crippen molar-refractivity contribution in [3.8, 4) is 0 Å². The lowest BCUT2D eigenvalue weighted by atomic mass is 10.3. The van der Waals surface area contributed by atoms with Crippen molar-refractivity contribution in [2.24, 2.45) is 0 Å². The van der Waals surface area contributed by atoms with Gasteiger partial charge in [0.25, 0.3) is 0 Å². The zero-order valence-corrected chi connectivity index (χ0v) is 8.86. The van der Waals surface area contributed by atoms with Gasteiger partial charge in [-0.25, -0.2) is 0 Å². The van der Waals surface area contributed by atoms with Gasteiger partial charge in [-0.15, -0.1) is 4.58 Å². The van der Waals surface area contributed by atoms with Gasteiger partial charge in [-0.3, -0.25) is 0 Å². The van der Waals surface area contributed by atoms with Gasteiger partial charge >= 0.3 is 6.08 Å². The van der Waals surface area contributed by atoms with Crippen LogP contribution in [0.15, 0.2) is 30.3 Å². The predicted molar refractivity (Wildman–Crippen MR) is 55.9 cm³/mol. The Balaban J connectivity index is 2.95. The Labute approximate surface area is 84.6 Å². The van der Waals surface area contributed by atoms with Crippen LogP contribution in [0.25, 0.3) is 0 Å². The SMILES string of the molecule is CCOC(OC)=[N+](C)c1ccccc1. The number of hydrogen-bond donors (Lipinski definition) is 0. The second kappa shape index (κ2) is 5.27. The third-order valence-corrected chi connectivity index (χ3v) is 1.86. The fourth-order valence-corrected chi connectivity index (χ4v) is 1.17. The molecule has 1 aromatic carbocycles.